The largest absolute Gasteiger partial charge is 0.488 e. The molecule has 0 saturated heterocycles. The summed E-state index contributed by atoms with van der Waals surface area (Å²) in [6.45, 7) is 5.16. The van der Waals surface area contributed by atoms with Gasteiger partial charge in [0.1, 0.15) is 11.9 Å². The maximum absolute atomic E-state index is 6.11. The zero-order chi connectivity index (χ0) is 12.8. The van der Waals surface area contributed by atoms with Gasteiger partial charge in [-0.15, -0.1) is 0 Å². The van der Waals surface area contributed by atoms with E-state index in [-0.39, 0.29) is 6.10 Å². The van der Waals surface area contributed by atoms with Gasteiger partial charge in [0.05, 0.1) is 0 Å². The highest BCUT2D eigenvalue weighted by Crippen LogP contribution is 2.22. The van der Waals surface area contributed by atoms with Gasteiger partial charge in [0, 0.05) is 18.2 Å². The number of hydrogen-bond donors (Lipinski definition) is 1. The molecule has 1 N–H and O–H groups in total. The van der Waals surface area contributed by atoms with Crippen molar-refractivity contribution < 1.29 is 4.74 Å². The van der Waals surface area contributed by atoms with Crippen molar-refractivity contribution in [3.63, 3.8) is 0 Å². The Labute approximate surface area is 110 Å². The number of para-hydroxylation sites is 1. The Hall–Kier alpha value is -1.28. The van der Waals surface area contributed by atoms with Gasteiger partial charge in [-0.05, 0) is 32.3 Å². The lowest BCUT2D eigenvalue weighted by Gasteiger charge is -2.19. The monoisotopic (exact) mass is 245 g/mol. The molecule has 0 spiro atoms. The van der Waals surface area contributed by atoms with Crippen molar-refractivity contribution in [3.8, 4) is 5.75 Å². The van der Waals surface area contributed by atoms with E-state index in [1.807, 2.05) is 25.1 Å². The lowest BCUT2D eigenvalue weighted by Crippen LogP contribution is -2.32. The molecule has 0 bridgehead atoms. The smallest absolute Gasteiger partial charge is 0.126 e. The number of benzene rings is 1. The average molecular weight is 245 g/mol. The summed E-state index contributed by atoms with van der Waals surface area (Å²) in [6.07, 6.45) is 8.08. The molecule has 1 fully saturated rings. The highest BCUT2D eigenvalue weighted by Gasteiger charge is 2.22. The second kappa shape index (κ2) is 6.60. The summed E-state index contributed by atoms with van der Waals surface area (Å²) < 4.78 is 6.11. The number of nitrogens with one attached hydrogen (secondary N) is 1. The van der Waals surface area contributed by atoms with Crippen molar-refractivity contribution in [2.45, 2.75) is 45.3 Å². The molecule has 2 rings (SSSR count). The first-order valence-electron chi connectivity index (χ1n) is 6.95. The van der Waals surface area contributed by atoms with Crippen molar-refractivity contribution in [2.75, 3.05) is 6.54 Å². The molecular formula is C16H23NO. The molecule has 98 valence electrons. The van der Waals surface area contributed by atoms with Gasteiger partial charge in [-0.3, -0.25) is 0 Å². The lowest BCUT2D eigenvalue weighted by molar-refractivity contribution is 0.192. The topological polar surface area (TPSA) is 21.3 Å². The average Bonchev–Trinajstić information content (AvgIpc) is 3.21. The van der Waals surface area contributed by atoms with E-state index in [1.165, 1.54) is 12.8 Å². The van der Waals surface area contributed by atoms with E-state index >= 15 is 0 Å². The number of ether oxygens (including phenoxy) is 1. The second-order valence-corrected chi connectivity index (χ2v) is 4.87. The van der Waals surface area contributed by atoms with E-state index in [0.717, 1.165) is 30.3 Å². The number of allylic oxidation sites excluding steroid dienone is 1. The van der Waals surface area contributed by atoms with E-state index in [0.29, 0.717) is 0 Å². The Kier molecular flexibility index (Phi) is 4.82. The van der Waals surface area contributed by atoms with Gasteiger partial charge < -0.3 is 10.1 Å². The van der Waals surface area contributed by atoms with Crippen LogP contribution in [0.5, 0.6) is 5.75 Å². The first-order valence-corrected chi connectivity index (χ1v) is 6.95. The van der Waals surface area contributed by atoms with E-state index in [4.69, 9.17) is 4.74 Å². The Morgan fingerprint density at radius 2 is 2.17 bits per heavy atom. The van der Waals surface area contributed by atoms with Gasteiger partial charge in [-0.1, -0.05) is 37.3 Å². The summed E-state index contributed by atoms with van der Waals surface area (Å²) in [5, 5.41) is 3.54. The summed E-state index contributed by atoms with van der Waals surface area (Å²) in [7, 11) is 0. The molecule has 1 aliphatic rings. The molecule has 18 heavy (non-hydrogen) atoms. The number of rotatable bonds is 7. The van der Waals surface area contributed by atoms with E-state index in [2.05, 4.69) is 30.4 Å². The molecule has 0 heterocycles. The second-order valence-electron chi connectivity index (χ2n) is 4.87. The molecule has 2 heteroatoms. The maximum Gasteiger partial charge on any atom is 0.126 e. The van der Waals surface area contributed by atoms with Crippen molar-refractivity contribution in [2.24, 2.45) is 0 Å². The third kappa shape index (κ3) is 3.88. The molecule has 1 aromatic carbocycles. The normalized spacial score (nSPS) is 17.0. The van der Waals surface area contributed by atoms with Crippen molar-refractivity contribution in [1.29, 1.82) is 0 Å². The zero-order valence-electron chi connectivity index (χ0n) is 11.4. The first-order chi connectivity index (χ1) is 8.83. The Bertz CT molecular complexity index is 396. The van der Waals surface area contributed by atoms with Crippen molar-refractivity contribution in [1.82, 2.24) is 5.32 Å². The quantitative estimate of drug-likeness (QED) is 0.792. The number of hydrogen-bond acceptors (Lipinski definition) is 2. The Balaban J connectivity index is 1.96. The van der Waals surface area contributed by atoms with Crippen LogP contribution in [0.2, 0.25) is 0 Å². The van der Waals surface area contributed by atoms with Crippen LogP contribution in [0, 0.1) is 0 Å². The summed E-state index contributed by atoms with van der Waals surface area (Å²) in [6, 6.07) is 8.97. The van der Waals surface area contributed by atoms with Crippen LogP contribution < -0.4 is 10.1 Å². The highest BCUT2D eigenvalue weighted by molar-refractivity contribution is 5.56. The van der Waals surface area contributed by atoms with Crippen LogP contribution in [0.1, 0.15) is 38.7 Å². The van der Waals surface area contributed by atoms with Crippen molar-refractivity contribution >= 4 is 6.08 Å². The van der Waals surface area contributed by atoms with Crippen LogP contribution in [0.4, 0.5) is 0 Å². The molecule has 0 aliphatic heterocycles. The maximum atomic E-state index is 6.11. The van der Waals surface area contributed by atoms with Crippen LogP contribution in [0.25, 0.3) is 6.08 Å². The van der Waals surface area contributed by atoms with Gasteiger partial charge in [-0.2, -0.15) is 0 Å². The fourth-order valence-corrected chi connectivity index (χ4v) is 1.94. The van der Waals surface area contributed by atoms with Gasteiger partial charge in [0.15, 0.2) is 0 Å². The van der Waals surface area contributed by atoms with E-state index in [9.17, 15) is 0 Å². The fraction of sp³-hybridized carbons (Fsp3) is 0.500. The molecule has 2 nitrogen and oxygen atoms in total. The van der Waals surface area contributed by atoms with Gasteiger partial charge in [0.25, 0.3) is 0 Å². The van der Waals surface area contributed by atoms with Gasteiger partial charge in [-0.25, -0.2) is 0 Å². The van der Waals surface area contributed by atoms with Crippen molar-refractivity contribution in [3.05, 3.63) is 35.9 Å². The molecular weight excluding hydrogens is 222 g/mol. The van der Waals surface area contributed by atoms with E-state index < -0.39 is 0 Å². The lowest BCUT2D eigenvalue weighted by atomic mass is 10.2. The van der Waals surface area contributed by atoms with Crippen LogP contribution in [0.3, 0.4) is 0 Å². The standard InChI is InChI=1S/C16H23NO/c1-3-7-13-8-5-6-9-16(13)18-15(4-2)12-17-14-10-11-14/h3,5-9,14-15,17H,4,10-12H2,1-2H3. The zero-order valence-corrected chi connectivity index (χ0v) is 11.4. The first kappa shape index (κ1) is 13.2. The molecule has 0 radical (unpaired) electrons. The Morgan fingerprint density at radius 3 is 2.83 bits per heavy atom. The molecule has 1 saturated carbocycles. The molecule has 1 atom stereocenters. The molecule has 1 unspecified atom stereocenters. The van der Waals surface area contributed by atoms with Gasteiger partial charge >= 0.3 is 0 Å². The molecule has 0 aromatic heterocycles. The van der Waals surface area contributed by atoms with Crippen LogP contribution in [-0.2, 0) is 0 Å². The highest BCUT2D eigenvalue weighted by atomic mass is 16.5. The van der Waals surface area contributed by atoms with Gasteiger partial charge in [0.2, 0.25) is 0 Å². The van der Waals surface area contributed by atoms with Crippen LogP contribution >= 0.6 is 0 Å². The minimum Gasteiger partial charge on any atom is -0.488 e. The summed E-state index contributed by atoms with van der Waals surface area (Å²) in [5.41, 5.74) is 1.16. The molecule has 1 aromatic rings. The Morgan fingerprint density at radius 1 is 1.39 bits per heavy atom. The third-order valence-corrected chi connectivity index (χ3v) is 3.23. The fourth-order valence-electron chi connectivity index (χ4n) is 1.94. The summed E-state index contributed by atoms with van der Waals surface area (Å²) >= 11 is 0. The summed E-state index contributed by atoms with van der Waals surface area (Å²) in [5.74, 6) is 0.986. The molecule has 1 aliphatic carbocycles. The van der Waals surface area contributed by atoms with Crippen LogP contribution in [-0.4, -0.2) is 18.7 Å². The van der Waals surface area contributed by atoms with Crippen LogP contribution in [0.15, 0.2) is 30.3 Å². The minimum atomic E-state index is 0.261. The predicted octanol–water partition coefficient (Wildman–Crippen LogP) is 3.63. The van der Waals surface area contributed by atoms with E-state index in [1.54, 1.807) is 0 Å². The predicted molar refractivity (Wildman–Crippen MR) is 76.9 cm³/mol. The minimum absolute atomic E-state index is 0.261. The summed E-state index contributed by atoms with van der Waals surface area (Å²) in [4.78, 5) is 0. The third-order valence-electron chi connectivity index (χ3n) is 3.23. The molecule has 0 amide bonds. The SMILES string of the molecule is CC=Cc1ccccc1OC(CC)CNC1CC1.